The summed E-state index contributed by atoms with van der Waals surface area (Å²) in [6, 6.07) is 10.3. The number of benzene rings is 1. The highest BCUT2D eigenvalue weighted by Gasteiger charge is 2.22. The number of aromatic nitrogens is 1. The number of piperazine rings is 1. The average molecular weight is 358 g/mol. The summed E-state index contributed by atoms with van der Waals surface area (Å²) in [5.74, 6) is -0.965. The van der Waals surface area contributed by atoms with Crippen LogP contribution in [-0.4, -0.2) is 42.2 Å². The number of anilines is 2. The van der Waals surface area contributed by atoms with E-state index >= 15 is 0 Å². The Balaban J connectivity index is 1.70. The van der Waals surface area contributed by atoms with Crippen LogP contribution in [0.5, 0.6) is 0 Å². The summed E-state index contributed by atoms with van der Waals surface area (Å²) in [5.41, 5.74) is 6.34. The number of carbonyl (C=O) groups excluding carboxylic acids is 1. The number of hydrogen-bond acceptors (Lipinski definition) is 5. The van der Waals surface area contributed by atoms with Crippen LogP contribution in [0, 0.1) is 5.82 Å². The van der Waals surface area contributed by atoms with E-state index in [1.165, 1.54) is 12.1 Å². The Labute approximate surface area is 152 Å². The lowest BCUT2D eigenvalue weighted by atomic mass is 9.98. The predicted molar refractivity (Wildman–Crippen MR) is 98.8 cm³/mol. The van der Waals surface area contributed by atoms with Crippen molar-refractivity contribution in [3.8, 4) is 0 Å². The Bertz CT molecular complexity index is 794. The molecule has 138 valence electrons. The maximum atomic E-state index is 14.1. The van der Waals surface area contributed by atoms with Crippen LogP contribution >= 0.6 is 0 Å². The van der Waals surface area contributed by atoms with Crippen LogP contribution in [0.15, 0.2) is 36.4 Å². The molecule has 0 spiro atoms. The van der Waals surface area contributed by atoms with Crippen molar-refractivity contribution in [1.29, 1.82) is 0 Å². The van der Waals surface area contributed by atoms with Crippen LogP contribution < -0.4 is 15.5 Å². The van der Waals surface area contributed by atoms with Crippen LogP contribution in [0.25, 0.3) is 0 Å². The molecule has 6 nitrogen and oxygen atoms in total. The number of halogens is 1. The molecule has 1 aliphatic heterocycles. The Kier molecular flexibility index (Phi) is 4.82. The number of primary amides is 1. The second-order valence-corrected chi connectivity index (χ2v) is 6.95. The van der Waals surface area contributed by atoms with E-state index in [-0.39, 0.29) is 11.5 Å². The SMILES string of the molecule is CC(C)(O)c1ccc(N2CCN(c3nc(C(N)=O)ccc3F)CC2)cc1. The molecule has 1 aromatic heterocycles. The van der Waals surface area contributed by atoms with Crippen LogP contribution in [0.4, 0.5) is 15.9 Å². The first-order valence-electron chi connectivity index (χ1n) is 8.55. The zero-order valence-corrected chi connectivity index (χ0v) is 14.9. The molecule has 2 heterocycles. The predicted octanol–water partition coefficient (Wildman–Crippen LogP) is 1.87. The van der Waals surface area contributed by atoms with Crippen molar-refractivity contribution in [3.05, 3.63) is 53.5 Å². The molecule has 0 saturated carbocycles. The summed E-state index contributed by atoms with van der Waals surface area (Å²) in [6.45, 7) is 6.07. The molecule has 0 atom stereocenters. The van der Waals surface area contributed by atoms with Gasteiger partial charge in [0.15, 0.2) is 11.6 Å². The molecule has 3 rings (SSSR count). The zero-order chi connectivity index (χ0) is 18.9. The molecule has 1 saturated heterocycles. The van der Waals surface area contributed by atoms with Gasteiger partial charge in [0.05, 0.1) is 5.60 Å². The van der Waals surface area contributed by atoms with Gasteiger partial charge in [-0.15, -0.1) is 0 Å². The highest BCUT2D eigenvalue weighted by Crippen LogP contribution is 2.25. The van der Waals surface area contributed by atoms with Crippen LogP contribution in [0.1, 0.15) is 29.9 Å². The second-order valence-electron chi connectivity index (χ2n) is 6.95. The number of nitrogens with zero attached hydrogens (tertiary/aromatic N) is 3. The average Bonchev–Trinajstić information content (AvgIpc) is 2.61. The van der Waals surface area contributed by atoms with Gasteiger partial charge in [0.2, 0.25) is 0 Å². The molecular formula is C19H23FN4O2. The van der Waals surface area contributed by atoms with Gasteiger partial charge in [-0.25, -0.2) is 9.37 Å². The number of pyridine rings is 1. The fraction of sp³-hybridized carbons (Fsp3) is 0.368. The van der Waals surface area contributed by atoms with Gasteiger partial charge in [-0.1, -0.05) is 12.1 Å². The molecule has 1 amide bonds. The van der Waals surface area contributed by atoms with Gasteiger partial charge in [0, 0.05) is 31.9 Å². The summed E-state index contributed by atoms with van der Waals surface area (Å²) >= 11 is 0. The summed E-state index contributed by atoms with van der Waals surface area (Å²) in [6.07, 6.45) is 0. The number of carbonyl (C=O) groups is 1. The van der Waals surface area contributed by atoms with Crippen molar-refractivity contribution in [2.75, 3.05) is 36.0 Å². The number of rotatable bonds is 4. The van der Waals surface area contributed by atoms with Gasteiger partial charge in [-0.2, -0.15) is 0 Å². The molecule has 1 fully saturated rings. The number of nitrogens with two attached hydrogens (primary N) is 1. The van der Waals surface area contributed by atoms with Crippen molar-refractivity contribution < 1.29 is 14.3 Å². The third-order valence-electron chi connectivity index (χ3n) is 4.60. The minimum Gasteiger partial charge on any atom is -0.386 e. The van der Waals surface area contributed by atoms with Crippen molar-refractivity contribution in [1.82, 2.24) is 4.98 Å². The van der Waals surface area contributed by atoms with Gasteiger partial charge in [0.1, 0.15) is 5.69 Å². The van der Waals surface area contributed by atoms with Crippen molar-refractivity contribution in [3.63, 3.8) is 0 Å². The highest BCUT2D eigenvalue weighted by atomic mass is 19.1. The molecule has 2 aromatic rings. The lowest BCUT2D eigenvalue weighted by Gasteiger charge is -2.37. The molecule has 0 unspecified atom stereocenters. The Morgan fingerprint density at radius 1 is 1.08 bits per heavy atom. The molecule has 26 heavy (non-hydrogen) atoms. The lowest BCUT2D eigenvalue weighted by Crippen LogP contribution is -2.47. The van der Waals surface area contributed by atoms with Crippen LogP contribution in [0.3, 0.4) is 0 Å². The van der Waals surface area contributed by atoms with Crippen molar-refractivity contribution >= 4 is 17.4 Å². The van der Waals surface area contributed by atoms with Crippen LogP contribution in [0.2, 0.25) is 0 Å². The zero-order valence-electron chi connectivity index (χ0n) is 14.9. The molecule has 0 radical (unpaired) electrons. The maximum absolute atomic E-state index is 14.1. The first-order valence-corrected chi connectivity index (χ1v) is 8.55. The Morgan fingerprint density at radius 2 is 1.65 bits per heavy atom. The topological polar surface area (TPSA) is 82.7 Å². The maximum Gasteiger partial charge on any atom is 0.267 e. The fourth-order valence-corrected chi connectivity index (χ4v) is 3.05. The summed E-state index contributed by atoms with van der Waals surface area (Å²) in [4.78, 5) is 19.4. The van der Waals surface area contributed by atoms with Crippen LogP contribution in [-0.2, 0) is 5.60 Å². The quantitative estimate of drug-likeness (QED) is 0.872. The first kappa shape index (κ1) is 18.1. The van der Waals surface area contributed by atoms with Crippen molar-refractivity contribution in [2.45, 2.75) is 19.4 Å². The van der Waals surface area contributed by atoms with Gasteiger partial charge in [0.25, 0.3) is 5.91 Å². The Morgan fingerprint density at radius 3 is 2.19 bits per heavy atom. The monoisotopic (exact) mass is 358 g/mol. The molecule has 1 aliphatic rings. The second kappa shape index (κ2) is 6.92. The normalized spacial score (nSPS) is 15.2. The fourth-order valence-electron chi connectivity index (χ4n) is 3.05. The van der Waals surface area contributed by atoms with E-state index in [2.05, 4.69) is 9.88 Å². The smallest absolute Gasteiger partial charge is 0.267 e. The van der Waals surface area contributed by atoms with E-state index in [0.717, 1.165) is 11.3 Å². The standard InChI is InChI=1S/C19H23FN4O2/c1-19(2,26)13-3-5-14(6-4-13)23-9-11-24(12-10-23)18-15(20)7-8-16(22-18)17(21)25/h3-8,26H,9-12H2,1-2H3,(H2,21,25). The highest BCUT2D eigenvalue weighted by molar-refractivity contribution is 5.91. The molecule has 1 aromatic carbocycles. The van der Waals surface area contributed by atoms with Gasteiger partial charge in [-0.05, 0) is 43.7 Å². The van der Waals surface area contributed by atoms with E-state index in [0.29, 0.717) is 26.2 Å². The minimum absolute atomic E-state index is 0.0611. The molecule has 0 bridgehead atoms. The number of hydrogen-bond donors (Lipinski definition) is 2. The number of aliphatic hydroxyl groups is 1. The molecule has 0 aliphatic carbocycles. The van der Waals surface area contributed by atoms with E-state index in [4.69, 9.17) is 5.73 Å². The van der Waals surface area contributed by atoms with Gasteiger partial charge in [-0.3, -0.25) is 4.79 Å². The minimum atomic E-state index is -0.869. The van der Waals surface area contributed by atoms with E-state index < -0.39 is 17.3 Å². The van der Waals surface area contributed by atoms with E-state index in [1.54, 1.807) is 13.8 Å². The summed E-state index contributed by atoms with van der Waals surface area (Å²) in [5, 5.41) is 10.0. The molecular weight excluding hydrogens is 335 g/mol. The number of amides is 1. The third kappa shape index (κ3) is 3.77. The first-order chi connectivity index (χ1) is 12.3. The van der Waals surface area contributed by atoms with E-state index in [1.807, 2.05) is 29.2 Å². The summed E-state index contributed by atoms with van der Waals surface area (Å²) in [7, 11) is 0. The van der Waals surface area contributed by atoms with Gasteiger partial charge < -0.3 is 20.6 Å². The van der Waals surface area contributed by atoms with Gasteiger partial charge >= 0.3 is 0 Å². The van der Waals surface area contributed by atoms with E-state index in [9.17, 15) is 14.3 Å². The Hall–Kier alpha value is -2.67. The molecule has 3 N–H and O–H groups in total. The lowest BCUT2D eigenvalue weighted by molar-refractivity contribution is 0.0786. The van der Waals surface area contributed by atoms with Crippen molar-refractivity contribution in [2.24, 2.45) is 5.73 Å². The molecule has 7 heteroatoms. The largest absolute Gasteiger partial charge is 0.386 e. The third-order valence-corrected chi connectivity index (χ3v) is 4.60. The summed E-state index contributed by atoms with van der Waals surface area (Å²) < 4.78 is 14.1.